The first-order valence-corrected chi connectivity index (χ1v) is 13.6. The van der Waals surface area contributed by atoms with Gasteiger partial charge in [0, 0.05) is 28.2 Å². The van der Waals surface area contributed by atoms with E-state index < -0.39 is 0 Å². The smallest absolute Gasteiger partial charge is 0.283 e. The van der Waals surface area contributed by atoms with E-state index in [1.165, 1.54) is 42.7 Å². The largest absolute Gasteiger partial charge is 0.297 e. The first-order chi connectivity index (χ1) is 17.0. The highest BCUT2D eigenvalue weighted by molar-refractivity contribution is 9.10. The van der Waals surface area contributed by atoms with Crippen LogP contribution in [-0.4, -0.2) is 19.8 Å². The van der Waals surface area contributed by atoms with Gasteiger partial charge in [-0.1, -0.05) is 65.2 Å². The molecule has 1 saturated carbocycles. The number of para-hydroxylation sites is 1. The fourth-order valence-corrected chi connectivity index (χ4v) is 5.80. The van der Waals surface area contributed by atoms with E-state index in [1.54, 1.807) is 4.68 Å². The first-order valence-electron chi connectivity index (χ1n) is 12.0. The zero-order chi connectivity index (χ0) is 24.4. The maximum atomic E-state index is 13.5. The normalized spacial score (nSPS) is 14.8. The molecular formula is C27H28BrN5OS. The van der Waals surface area contributed by atoms with Crippen LogP contribution in [0.15, 0.2) is 79.3 Å². The summed E-state index contributed by atoms with van der Waals surface area (Å²) in [6, 6.07) is 17.8. The predicted molar refractivity (Wildman–Crippen MR) is 147 cm³/mol. The molecule has 0 bridgehead atoms. The summed E-state index contributed by atoms with van der Waals surface area (Å²) in [5.74, 6) is 0. The lowest BCUT2D eigenvalue weighted by molar-refractivity contribution is 0.630. The van der Waals surface area contributed by atoms with E-state index in [2.05, 4.69) is 27.4 Å². The number of halogens is 1. The molecule has 2 heterocycles. The van der Waals surface area contributed by atoms with Crippen molar-refractivity contribution in [1.82, 2.24) is 14.0 Å². The van der Waals surface area contributed by atoms with E-state index in [0.29, 0.717) is 10.5 Å². The van der Waals surface area contributed by atoms with Crippen molar-refractivity contribution in [3.8, 4) is 16.9 Å². The van der Waals surface area contributed by atoms with Gasteiger partial charge >= 0.3 is 0 Å². The molecule has 1 aliphatic carbocycles. The Balaban J connectivity index is 1.71. The summed E-state index contributed by atoms with van der Waals surface area (Å²) in [6.45, 7) is 1.93. The van der Waals surface area contributed by atoms with Gasteiger partial charge in [-0.05, 0) is 50.8 Å². The molecule has 6 nitrogen and oxygen atoms in total. The number of hydrogen-bond donors (Lipinski definition) is 0. The fourth-order valence-electron chi connectivity index (χ4n) is 4.48. The van der Waals surface area contributed by atoms with Crippen molar-refractivity contribution in [2.45, 2.75) is 45.4 Å². The Bertz CT molecular complexity index is 1500. The molecule has 1 aliphatic rings. The molecule has 180 valence electrons. The average Bonchev–Trinajstić information content (AvgIpc) is 3.19. The second-order valence-corrected chi connectivity index (χ2v) is 10.5. The molecule has 0 aliphatic heterocycles. The Morgan fingerprint density at radius 2 is 1.63 bits per heavy atom. The average molecular weight is 551 g/mol. The number of nitrogens with zero attached hydrogens (tertiary/aromatic N) is 5. The minimum atomic E-state index is -0.138. The summed E-state index contributed by atoms with van der Waals surface area (Å²) in [7, 11) is 1.89. The molecule has 0 saturated heterocycles. The van der Waals surface area contributed by atoms with E-state index in [0.717, 1.165) is 40.0 Å². The van der Waals surface area contributed by atoms with Gasteiger partial charge in [0.05, 0.1) is 17.1 Å². The van der Waals surface area contributed by atoms with Gasteiger partial charge in [-0.3, -0.25) is 9.48 Å². The number of benzene rings is 2. The Kier molecular flexibility index (Phi) is 7.02. The Morgan fingerprint density at radius 3 is 2.34 bits per heavy atom. The van der Waals surface area contributed by atoms with E-state index in [1.807, 2.05) is 71.9 Å². The maximum absolute atomic E-state index is 13.5. The second kappa shape index (κ2) is 10.3. The highest BCUT2D eigenvalue weighted by Crippen LogP contribution is 2.29. The van der Waals surface area contributed by atoms with Gasteiger partial charge in [0.2, 0.25) is 4.80 Å². The summed E-state index contributed by atoms with van der Waals surface area (Å²) in [5.41, 5.74) is 5.14. The van der Waals surface area contributed by atoms with Crippen LogP contribution in [0.1, 0.15) is 44.2 Å². The number of aromatic nitrogens is 3. The van der Waals surface area contributed by atoms with Gasteiger partial charge in [-0.2, -0.15) is 5.10 Å². The van der Waals surface area contributed by atoms with Gasteiger partial charge in [-0.15, -0.1) is 11.3 Å². The molecule has 5 rings (SSSR count). The topological polar surface area (TPSA) is 56.6 Å². The van der Waals surface area contributed by atoms with Gasteiger partial charge in [0.25, 0.3) is 5.56 Å². The van der Waals surface area contributed by atoms with E-state index >= 15 is 0 Å². The Hall–Kier alpha value is -2.97. The van der Waals surface area contributed by atoms with E-state index in [-0.39, 0.29) is 5.56 Å². The van der Waals surface area contributed by atoms with Crippen LogP contribution in [0.5, 0.6) is 0 Å². The molecule has 1 fully saturated rings. The van der Waals surface area contributed by atoms with Crippen molar-refractivity contribution in [2.75, 3.05) is 0 Å². The van der Waals surface area contributed by atoms with Crippen LogP contribution in [0.25, 0.3) is 16.9 Å². The van der Waals surface area contributed by atoms with Gasteiger partial charge in [0.15, 0.2) is 5.69 Å². The molecule has 0 spiro atoms. The van der Waals surface area contributed by atoms with Crippen molar-refractivity contribution < 1.29 is 0 Å². The third-order valence-corrected chi connectivity index (χ3v) is 8.00. The van der Waals surface area contributed by atoms with Crippen LogP contribution in [0.2, 0.25) is 0 Å². The molecule has 0 N–H and O–H groups in total. The molecule has 4 aromatic rings. The van der Waals surface area contributed by atoms with Gasteiger partial charge < -0.3 is 0 Å². The van der Waals surface area contributed by atoms with Crippen LogP contribution in [-0.2, 0) is 7.05 Å². The number of hydrogen-bond acceptors (Lipinski definition) is 4. The van der Waals surface area contributed by atoms with E-state index in [4.69, 9.17) is 10.1 Å². The standard InChI is InChI=1S/C27H28BrN5OS/c1-19-25(26(34)33(31(19)2)21-14-8-5-9-15-21)29-27-32(30-20-12-6-3-4-7-13-20)24(18-35-27)22-16-10-11-17-23(22)28/h5,8-11,14-18H,3-4,6-7,12-13H2,1-2H3. The van der Waals surface area contributed by atoms with Crippen molar-refractivity contribution in [3.63, 3.8) is 0 Å². The minimum absolute atomic E-state index is 0.138. The quantitative estimate of drug-likeness (QED) is 0.265. The van der Waals surface area contributed by atoms with Crippen LogP contribution in [0, 0.1) is 6.92 Å². The second-order valence-electron chi connectivity index (χ2n) is 8.80. The van der Waals surface area contributed by atoms with Gasteiger partial charge in [-0.25, -0.2) is 14.4 Å². The number of thiazole rings is 1. The van der Waals surface area contributed by atoms with Crippen molar-refractivity contribution in [2.24, 2.45) is 17.1 Å². The minimum Gasteiger partial charge on any atom is -0.283 e. The van der Waals surface area contributed by atoms with Crippen LogP contribution in [0.3, 0.4) is 0 Å². The summed E-state index contributed by atoms with van der Waals surface area (Å²) in [4.78, 5) is 19.1. The lowest BCUT2D eigenvalue weighted by atomic mass is 10.2. The molecule has 0 radical (unpaired) electrons. The highest BCUT2D eigenvalue weighted by atomic mass is 79.9. The molecule has 2 aromatic heterocycles. The first kappa shape index (κ1) is 23.8. The summed E-state index contributed by atoms with van der Waals surface area (Å²) in [5, 5.41) is 7.19. The zero-order valence-electron chi connectivity index (χ0n) is 19.9. The highest BCUT2D eigenvalue weighted by Gasteiger charge is 2.18. The molecular weight excluding hydrogens is 522 g/mol. The molecule has 35 heavy (non-hydrogen) atoms. The predicted octanol–water partition coefficient (Wildman–Crippen LogP) is 6.57. The van der Waals surface area contributed by atoms with Gasteiger partial charge in [0.1, 0.15) is 0 Å². The number of rotatable bonds is 4. The Morgan fingerprint density at radius 1 is 0.943 bits per heavy atom. The summed E-state index contributed by atoms with van der Waals surface area (Å²) >= 11 is 5.21. The lowest BCUT2D eigenvalue weighted by Gasteiger charge is -2.08. The zero-order valence-corrected chi connectivity index (χ0v) is 22.3. The van der Waals surface area contributed by atoms with Crippen molar-refractivity contribution >= 4 is 38.7 Å². The van der Waals surface area contributed by atoms with Crippen LogP contribution >= 0.6 is 27.3 Å². The maximum Gasteiger partial charge on any atom is 0.297 e. The summed E-state index contributed by atoms with van der Waals surface area (Å²) < 4.78 is 6.46. The lowest BCUT2D eigenvalue weighted by Crippen LogP contribution is -2.20. The third kappa shape index (κ3) is 4.77. The monoisotopic (exact) mass is 549 g/mol. The molecule has 2 aromatic carbocycles. The van der Waals surface area contributed by atoms with Crippen LogP contribution < -0.4 is 10.4 Å². The summed E-state index contributed by atoms with van der Waals surface area (Å²) in [6.07, 6.45) is 6.85. The Labute approximate surface area is 217 Å². The molecule has 0 amide bonds. The van der Waals surface area contributed by atoms with Crippen molar-refractivity contribution in [3.05, 3.63) is 85.3 Å². The SMILES string of the molecule is Cc1c(N=c2scc(-c3ccccc3Br)n2N=C2CCCCCC2)c(=O)n(-c2ccccc2)n1C. The molecule has 0 unspecified atom stereocenters. The van der Waals surface area contributed by atoms with E-state index in [9.17, 15) is 4.79 Å². The molecule has 0 atom stereocenters. The fraction of sp³-hybridized carbons (Fsp3) is 0.296. The van der Waals surface area contributed by atoms with Crippen molar-refractivity contribution in [1.29, 1.82) is 0 Å². The molecule has 8 heteroatoms. The van der Waals surface area contributed by atoms with Crippen LogP contribution in [0.4, 0.5) is 5.69 Å². The third-order valence-electron chi connectivity index (χ3n) is 6.49.